The topological polar surface area (TPSA) is 63.0 Å². The van der Waals surface area contributed by atoms with Crippen LogP contribution in [0.5, 0.6) is 0 Å². The number of nitrogens with one attached hydrogen (secondary N) is 1. The summed E-state index contributed by atoms with van der Waals surface area (Å²) in [4.78, 5) is 12.7. The Labute approximate surface area is 150 Å². The largest absolute Gasteiger partial charge is 0.379 e. The molecular weight excluding hydrogens is 342 g/mol. The molecule has 1 saturated carbocycles. The Hall–Kier alpha value is -1.99. The van der Waals surface area contributed by atoms with E-state index in [4.69, 9.17) is 4.74 Å². The highest BCUT2D eigenvalue weighted by Crippen LogP contribution is 2.36. The molecule has 4 rings (SSSR count). The van der Waals surface area contributed by atoms with Gasteiger partial charge in [-0.15, -0.1) is 0 Å². The normalized spacial score (nSPS) is 22.1. The van der Waals surface area contributed by atoms with Crippen molar-refractivity contribution >= 4 is 11.4 Å². The zero-order chi connectivity index (χ0) is 18.4. The van der Waals surface area contributed by atoms with E-state index in [0.717, 1.165) is 0 Å². The molecule has 0 radical (unpaired) electrons. The molecule has 1 amide bonds. The second-order valence-electron chi connectivity index (χ2n) is 7.43. The van der Waals surface area contributed by atoms with E-state index in [1.165, 1.54) is 0 Å². The van der Waals surface area contributed by atoms with Gasteiger partial charge in [0.1, 0.15) is 0 Å². The van der Waals surface area contributed by atoms with Gasteiger partial charge in [0, 0.05) is 25.6 Å². The summed E-state index contributed by atoms with van der Waals surface area (Å²) in [7, 11) is 0. The first kappa shape index (κ1) is 17.4. The van der Waals surface area contributed by atoms with Crippen molar-refractivity contribution < 1.29 is 23.4 Å². The Morgan fingerprint density at radius 3 is 2.69 bits per heavy atom. The maximum atomic E-state index is 13.2. The SMILES string of the molecule is O=C(NCC1CCC(F)(F)CC1)c1cc(C2(O)COC2)n2ccccc12. The van der Waals surface area contributed by atoms with Crippen molar-refractivity contribution in [2.75, 3.05) is 19.8 Å². The van der Waals surface area contributed by atoms with E-state index in [1.54, 1.807) is 16.7 Å². The van der Waals surface area contributed by atoms with Gasteiger partial charge >= 0.3 is 0 Å². The number of carbonyl (C=O) groups excluding carboxylic acids is 1. The lowest BCUT2D eigenvalue weighted by Crippen LogP contribution is -2.47. The summed E-state index contributed by atoms with van der Waals surface area (Å²) >= 11 is 0. The first-order chi connectivity index (χ1) is 12.4. The summed E-state index contributed by atoms with van der Waals surface area (Å²) < 4.78 is 33.4. The third-order valence-electron chi connectivity index (χ3n) is 5.47. The highest BCUT2D eigenvalue weighted by molar-refractivity contribution is 6.01. The predicted octanol–water partition coefficient (Wildman–Crippen LogP) is 2.71. The van der Waals surface area contributed by atoms with E-state index in [-0.39, 0.29) is 37.9 Å². The second-order valence-corrected chi connectivity index (χ2v) is 7.43. The van der Waals surface area contributed by atoms with E-state index in [9.17, 15) is 18.7 Å². The molecule has 26 heavy (non-hydrogen) atoms. The minimum atomic E-state index is -2.56. The summed E-state index contributed by atoms with van der Waals surface area (Å²) in [6, 6.07) is 7.19. The summed E-state index contributed by atoms with van der Waals surface area (Å²) in [5.74, 6) is -2.73. The molecule has 140 valence electrons. The quantitative estimate of drug-likeness (QED) is 0.877. The van der Waals surface area contributed by atoms with E-state index >= 15 is 0 Å². The van der Waals surface area contributed by atoms with Gasteiger partial charge in [-0.1, -0.05) is 6.07 Å². The lowest BCUT2D eigenvalue weighted by Gasteiger charge is -2.36. The first-order valence-corrected chi connectivity index (χ1v) is 8.95. The third-order valence-corrected chi connectivity index (χ3v) is 5.47. The highest BCUT2D eigenvalue weighted by atomic mass is 19.3. The van der Waals surface area contributed by atoms with Crippen molar-refractivity contribution in [1.82, 2.24) is 9.72 Å². The molecule has 0 unspecified atom stereocenters. The molecule has 2 aliphatic rings. The number of rotatable bonds is 4. The average Bonchev–Trinajstić information content (AvgIpc) is 2.99. The van der Waals surface area contributed by atoms with Crippen LogP contribution in [-0.4, -0.2) is 41.1 Å². The van der Waals surface area contributed by atoms with Gasteiger partial charge in [0.25, 0.3) is 5.91 Å². The van der Waals surface area contributed by atoms with Crippen LogP contribution in [0.4, 0.5) is 8.78 Å². The van der Waals surface area contributed by atoms with Crippen LogP contribution in [-0.2, 0) is 10.3 Å². The molecular formula is C19H22F2N2O3. The molecule has 0 bridgehead atoms. The number of nitrogens with zero attached hydrogens (tertiary/aromatic N) is 1. The molecule has 1 aliphatic heterocycles. The van der Waals surface area contributed by atoms with Gasteiger partial charge in [-0.3, -0.25) is 4.79 Å². The number of alkyl halides is 2. The Morgan fingerprint density at radius 2 is 2.04 bits per heavy atom. The van der Waals surface area contributed by atoms with Crippen molar-refractivity contribution in [2.24, 2.45) is 5.92 Å². The molecule has 2 N–H and O–H groups in total. The van der Waals surface area contributed by atoms with Crippen molar-refractivity contribution in [1.29, 1.82) is 0 Å². The Kier molecular flexibility index (Phi) is 4.23. The van der Waals surface area contributed by atoms with Crippen LogP contribution in [0.15, 0.2) is 30.5 Å². The minimum Gasteiger partial charge on any atom is -0.379 e. The fourth-order valence-electron chi connectivity index (χ4n) is 3.77. The average molecular weight is 364 g/mol. The molecule has 7 heteroatoms. The van der Waals surface area contributed by atoms with Crippen LogP contribution >= 0.6 is 0 Å². The van der Waals surface area contributed by atoms with Crippen molar-refractivity contribution in [3.05, 3.63) is 41.7 Å². The number of halogens is 2. The molecule has 2 fully saturated rings. The third kappa shape index (κ3) is 3.10. The van der Waals surface area contributed by atoms with Crippen LogP contribution in [0.1, 0.15) is 41.7 Å². The Balaban J connectivity index is 1.50. The van der Waals surface area contributed by atoms with Gasteiger partial charge in [-0.05, 0) is 37.0 Å². The number of aromatic nitrogens is 1. The molecule has 3 heterocycles. The number of ether oxygens (including phenoxy) is 1. The zero-order valence-corrected chi connectivity index (χ0v) is 14.4. The summed E-state index contributed by atoms with van der Waals surface area (Å²) in [6.07, 6.45) is 2.43. The van der Waals surface area contributed by atoms with Crippen molar-refractivity contribution in [2.45, 2.75) is 37.2 Å². The molecule has 2 aromatic rings. The second kappa shape index (κ2) is 6.32. The van der Waals surface area contributed by atoms with Crippen molar-refractivity contribution in [3.63, 3.8) is 0 Å². The maximum absolute atomic E-state index is 13.2. The monoisotopic (exact) mass is 364 g/mol. The minimum absolute atomic E-state index is 0.0798. The highest BCUT2D eigenvalue weighted by Gasteiger charge is 2.41. The van der Waals surface area contributed by atoms with E-state index in [2.05, 4.69) is 5.32 Å². The van der Waals surface area contributed by atoms with Gasteiger partial charge in [-0.25, -0.2) is 8.78 Å². The molecule has 1 saturated heterocycles. The molecule has 2 aromatic heterocycles. The lowest BCUT2D eigenvalue weighted by atomic mass is 9.87. The molecule has 0 spiro atoms. The van der Waals surface area contributed by atoms with Crippen molar-refractivity contribution in [3.8, 4) is 0 Å². The van der Waals surface area contributed by atoms with Crippen LogP contribution in [0.25, 0.3) is 5.52 Å². The number of fused-ring (bicyclic) bond motifs is 1. The summed E-state index contributed by atoms with van der Waals surface area (Å²) in [5.41, 5.74) is 0.719. The van der Waals surface area contributed by atoms with Crippen LogP contribution in [0.3, 0.4) is 0 Å². The Morgan fingerprint density at radius 1 is 1.31 bits per heavy atom. The van der Waals surface area contributed by atoms with E-state index < -0.39 is 11.5 Å². The number of hydrogen-bond acceptors (Lipinski definition) is 3. The molecule has 0 atom stereocenters. The smallest absolute Gasteiger partial charge is 0.253 e. The molecule has 1 aliphatic carbocycles. The number of amides is 1. The van der Waals surface area contributed by atoms with E-state index in [1.807, 2.05) is 18.2 Å². The number of carbonyl (C=O) groups is 1. The number of pyridine rings is 1. The van der Waals surface area contributed by atoms with E-state index in [0.29, 0.717) is 36.2 Å². The fourth-order valence-corrected chi connectivity index (χ4v) is 3.77. The predicted molar refractivity (Wildman–Crippen MR) is 91.4 cm³/mol. The Bertz CT molecular complexity index is 819. The van der Waals surface area contributed by atoms with Crippen LogP contribution in [0.2, 0.25) is 0 Å². The molecule has 5 nitrogen and oxygen atoms in total. The zero-order valence-electron chi connectivity index (χ0n) is 14.4. The van der Waals surface area contributed by atoms with Crippen LogP contribution < -0.4 is 5.32 Å². The number of hydrogen-bond donors (Lipinski definition) is 2. The number of aliphatic hydroxyl groups is 1. The van der Waals surface area contributed by atoms with Gasteiger partial charge in [0.2, 0.25) is 5.92 Å². The lowest BCUT2D eigenvalue weighted by molar-refractivity contribution is -0.187. The van der Waals surface area contributed by atoms with Crippen LogP contribution in [0, 0.1) is 5.92 Å². The first-order valence-electron chi connectivity index (χ1n) is 8.95. The fraction of sp³-hybridized carbons (Fsp3) is 0.526. The summed E-state index contributed by atoms with van der Waals surface area (Å²) in [5, 5.41) is 13.5. The van der Waals surface area contributed by atoms with Gasteiger partial charge in [0.05, 0.1) is 30.0 Å². The summed E-state index contributed by atoms with van der Waals surface area (Å²) in [6.45, 7) is 0.790. The van der Waals surface area contributed by atoms with Gasteiger partial charge in [0.15, 0.2) is 5.60 Å². The molecule has 0 aromatic carbocycles. The van der Waals surface area contributed by atoms with Gasteiger partial charge in [-0.2, -0.15) is 0 Å². The standard InChI is InChI=1S/C19H22F2N2O3/c20-19(21)6-4-13(5-7-19)10-22-17(24)14-9-16(18(25)11-26-12-18)23-8-2-1-3-15(14)23/h1-3,8-9,13,25H,4-7,10-12H2,(H,22,24). The van der Waals surface area contributed by atoms with Gasteiger partial charge < -0.3 is 19.6 Å². The maximum Gasteiger partial charge on any atom is 0.253 e.